The highest BCUT2D eigenvalue weighted by Gasteiger charge is 2.27. The molecule has 1 aliphatic rings. The number of morpholine rings is 1. The first-order valence-corrected chi connectivity index (χ1v) is 6.46. The minimum Gasteiger partial charge on any atom is -0.465 e. The summed E-state index contributed by atoms with van der Waals surface area (Å²) >= 11 is 3.41. The molecule has 1 saturated heterocycles. The molecule has 1 aromatic rings. The third-order valence-electron chi connectivity index (χ3n) is 2.93. The van der Waals surface area contributed by atoms with E-state index in [1.54, 1.807) is 0 Å². The van der Waals surface area contributed by atoms with E-state index in [1.807, 2.05) is 25.7 Å². The number of nitrogens with zero attached hydrogens (tertiary/aromatic N) is 1. The first-order chi connectivity index (χ1) is 8.00. The number of carbonyl (C=O) groups is 1. The minimum atomic E-state index is 0.0152. The Kier molecular flexibility index (Phi) is 3.58. The summed E-state index contributed by atoms with van der Waals surface area (Å²) < 4.78 is 11.7. The van der Waals surface area contributed by atoms with Gasteiger partial charge in [-0.3, -0.25) is 4.79 Å². The number of ether oxygens (including phenoxy) is 1. The summed E-state index contributed by atoms with van der Waals surface area (Å²) in [5, 5.41) is 0. The molecule has 5 heteroatoms. The van der Waals surface area contributed by atoms with E-state index in [-0.39, 0.29) is 12.0 Å². The molecule has 2 rings (SSSR count). The van der Waals surface area contributed by atoms with E-state index in [4.69, 9.17) is 9.15 Å². The van der Waals surface area contributed by atoms with Crippen LogP contribution in [0.25, 0.3) is 0 Å². The molecule has 0 unspecified atom stereocenters. The van der Waals surface area contributed by atoms with E-state index in [0.29, 0.717) is 31.0 Å². The van der Waals surface area contributed by atoms with Gasteiger partial charge in [0, 0.05) is 13.1 Å². The smallest absolute Gasteiger partial charge is 0.258 e. The summed E-state index contributed by atoms with van der Waals surface area (Å²) in [7, 11) is 0. The Morgan fingerprint density at radius 1 is 1.41 bits per heavy atom. The summed E-state index contributed by atoms with van der Waals surface area (Å²) in [5.41, 5.74) is 0.636. The molecule has 94 valence electrons. The maximum absolute atomic E-state index is 12.4. The Hall–Kier alpha value is -0.810. The van der Waals surface area contributed by atoms with Crippen LogP contribution in [0.5, 0.6) is 0 Å². The van der Waals surface area contributed by atoms with Gasteiger partial charge in [-0.1, -0.05) is 0 Å². The third kappa shape index (κ3) is 2.40. The number of aryl methyl sites for hydroxylation is 2. The van der Waals surface area contributed by atoms with E-state index < -0.39 is 0 Å². The highest BCUT2D eigenvalue weighted by Crippen LogP contribution is 2.28. The SMILES string of the molecule is Cc1oc(C)c(C(=O)N2CCO[C@H](C)C2)c1Br. The second-order valence-electron chi connectivity index (χ2n) is 4.34. The van der Waals surface area contributed by atoms with Gasteiger partial charge in [0.1, 0.15) is 11.5 Å². The first kappa shape index (κ1) is 12.6. The molecule has 0 aliphatic carbocycles. The van der Waals surface area contributed by atoms with Crippen LogP contribution in [0, 0.1) is 13.8 Å². The fraction of sp³-hybridized carbons (Fsp3) is 0.583. The van der Waals surface area contributed by atoms with Crippen LogP contribution < -0.4 is 0 Å². The molecule has 1 amide bonds. The van der Waals surface area contributed by atoms with Crippen molar-refractivity contribution in [3.05, 3.63) is 21.6 Å². The molecule has 0 saturated carbocycles. The Labute approximate surface area is 109 Å². The lowest BCUT2D eigenvalue weighted by atomic mass is 10.2. The zero-order valence-corrected chi connectivity index (χ0v) is 11.8. The lowest BCUT2D eigenvalue weighted by molar-refractivity contribution is -0.0125. The van der Waals surface area contributed by atoms with Crippen LogP contribution in [0.1, 0.15) is 28.8 Å². The molecule has 1 aromatic heterocycles. The lowest BCUT2D eigenvalue weighted by Gasteiger charge is -2.31. The van der Waals surface area contributed by atoms with Crippen molar-refractivity contribution in [3.63, 3.8) is 0 Å². The van der Waals surface area contributed by atoms with E-state index in [0.717, 1.165) is 10.2 Å². The molecule has 0 spiro atoms. The van der Waals surface area contributed by atoms with Crippen molar-refractivity contribution in [2.75, 3.05) is 19.7 Å². The van der Waals surface area contributed by atoms with Crippen molar-refractivity contribution in [3.8, 4) is 0 Å². The van der Waals surface area contributed by atoms with Gasteiger partial charge in [-0.05, 0) is 36.7 Å². The molecule has 17 heavy (non-hydrogen) atoms. The summed E-state index contributed by atoms with van der Waals surface area (Å²) in [4.78, 5) is 14.2. The predicted octanol–water partition coefficient (Wildman–Crippen LogP) is 2.52. The van der Waals surface area contributed by atoms with Crippen LogP contribution in [-0.2, 0) is 4.74 Å². The number of amides is 1. The van der Waals surface area contributed by atoms with Crippen LogP contribution >= 0.6 is 15.9 Å². The van der Waals surface area contributed by atoms with Gasteiger partial charge in [-0.25, -0.2) is 0 Å². The fourth-order valence-corrected chi connectivity index (χ4v) is 2.59. The van der Waals surface area contributed by atoms with Gasteiger partial charge >= 0.3 is 0 Å². The van der Waals surface area contributed by atoms with Crippen molar-refractivity contribution in [1.82, 2.24) is 4.90 Å². The first-order valence-electron chi connectivity index (χ1n) is 5.67. The van der Waals surface area contributed by atoms with E-state index >= 15 is 0 Å². The fourth-order valence-electron chi connectivity index (χ4n) is 2.06. The van der Waals surface area contributed by atoms with Crippen molar-refractivity contribution in [2.24, 2.45) is 0 Å². The Morgan fingerprint density at radius 3 is 2.65 bits per heavy atom. The van der Waals surface area contributed by atoms with Gasteiger partial charge in [-0.2, -0.15) is 0 Å². The summed E-state index contributed by atoms with van der Waals surface area (Å²) in [6.45, 7) is 7.50. The van der Waals surface area contributed by atoms with Gasteiger partial charge in [0.05, 0.1) is 22.7 Å². The van der Waals surface area contributed by atoms with Crippen LogP contribution in [0.4, 0.5) is 0 Å². The molecular weight excluding hydrogens is 286 g/mol. The Bertz CT molecular complexity index is 441. The highest BCUT2D eigenvalue weighted by atomic mass is 79.9. The quantitative estimate of drug-likeness (QED) is 0.800. The molecule has 4 nitrogen and oxygen atoms in total. The van der Waals surface area contributed by atoms with Crippen LogP contribution in [0.3, 0.4) is 0 Å². The zero-order chi connectivity index (χ0) is 12.6. The molecule has 0 bridgehead atoms. The third-order valence-corrected chi connectivity index (χ3v) is 3.88. The standard InChI is InChI=1S/C12H16BrNO3/c1-7-6-14(4-5-16-7)12(15)10-8(2)17-9(3)11(10)13/h7H,4-6H2,1-3H3/t7-/m1/s1. The summed E-state index contributed by atoms with van der Waals surface area (Å²) in [6, 6.07) is 0. The van der Waals surface area contributed by atoms with Gasteiger partial charge in [0.2, 0.25) is 0 Å². The largest absolute Gasteiger partial charge is 0.465 e. The van der Waals surface area contributed by atoms with Crippen LogP contribution in [-0.4, -0.2) is 36.6 Å². The van der Waals surface area contributed by atoms with Crippen molar-refractivity contribution in [2.45, 2.75) is 26.9 Å². The van der Waals surface area contributed by atoms with Crippen molar-refractivity contribution >= 4 is 21.8 Å². The molecular formula is C12H16BrNO3. The number of hydrogen-bond donors (Lipinski definition) is 0. The molecule has 0 radical (unpaired) electrons. The molecule has 0 aromatic carbocycles. The normalized spacial score (nSPS) is 20.7. The van der Waals surface area contributed by atoms with Gasteiger partial charge in [0.25, 0.3) is 5.91 Å². The van der Waals surface area contributed by atoms with Gasteiger partial charge < -0.3 is 14.1 Å². The Morgan fingerprint density at radius 2 is 2.12 bits per heavy atom. The Balaban J connectivity index is 2.24. The molecule has 1 atom stereocenters. The predicted molar refractivity (Wildman–Crippen MR) is 67.2 cm³/mol. The van der Waals surface area contributed by atoms with Crippen molar-refractivity contribution in [1.29, 1.82) is 0 Å². The molecule has 1 fully saturated rings. The summed E-state index contributed by atoms with van der Waals surface area (Å²) in [6.07, 6.45) is 0.0970. The van der Waals surface area contributed by atoms with Crippen LogP contribution in [0.15, 0.2) is 8.89 Å². The topological polar surface area (TPSA) is 42.7 Å². The summed E-state index contributed by atoms with van der Waals surface area (Å²) in [5.74, 6) is 1.42. The average molecular weight is 302 g/mol. The van der Waals surface area contributed by atoms with Gasteiger partial charge in [-0.15, -0.1) is 0 Å². The molecule has 1 aliphatic heterocycles. The number of rotatable bonds is 1. The molecule has 0 N–H and O–H groups in total. The lowest BCUT2D eigenvalue weighted by Crippen LogP contribution is -2.44. The number of hydrogen-bond acceptors (Lipinski definition) is 3. The van der Waals surface area contributed by atoms with E-state index in [2.05, 4.69) is 15.9 Å². The highest BCUT2D eigenvalue weighted by molar-refractivity contribution is 9.10. The second kappa shape index (κ2) is 4.82. The van der Waals surface area contributed by atoms with E-state index in [1.165, 1.54) is 0 Å². The number of furan rings is 1. The number of carbonyl (C=O) groups excluding carboxylic acids is 1. The van der Waals surface area contributed by atoms with Crippen molar-refractivity contribution < 1.29 is 13.9 Å². The maximum Gasteiger partial charge on any atom is 0.258 e. The monoisotopic (exact) mass is 301 g/mol. The van der Waals surface area contributed by atoms with E-state index in [9.17, 15) is 4.79 Å². The molecule has 2 heterocycles. The van der Waals surface area contributed by atoms with Crippen LogP contribution in [0.2, 0.25) is 0 Å². The maximum atomic E-state index is 12.4. The number of halogens is 1. The minimum absolute atomic E-state index is 0.0152. The average Bonchev–Trinajstić information content (AvgIpc) is 2.52. The van der Waals surface area contributed by atoms with Gasteiger partial charge in [0.15, 0.2) is 0 Å². The second-order valence-corrected chi connectivity index (χ2v) is 5.13. The zero-order valence-electron chi connectivity index (χ0n) is 10.2.